The molecular formula is C13H22N2O2. The summed E-state index contributed by atoms with van der Waals surface area (Å²) in [5.74, 6) is 0.838. The summed E-state index contributed by atoms with van der Waals surface area (Å²) in [6, 6.07) is 7.88. The Bertz CT molecular complexity index is 351. The number of likely N-dealkylation sites (N-methyl/N-ethyl adjacent to an activating group) is 2. The first-order valence-electron chi connectivity index (χ1n) is 5.69. The highest BCUT2D eigenvalue weighted by Crippen LogP contribution is 2.21. The number of methoxy groups -OCH3 is 1. The molecule has 0 aliphatic heterocycles. The summed E-state index contributed by atoms with van der Waals surface area (Å²) in [5.41, 5.74) is 0.761. The zero-order valence-corrected chi connectivity index (χ0v) is 11.0. The van der Waals surface area contributed by atoms with Gasteiger partial charge in [0.2, 0.25) is 0 Å². The van der Waals surface area contributed by atoms with Crippen LogP contribution in [-0.2, 0) is 0 Å². The molecule has 2 N–H and O–H groups in total. The van der Waals surface area contributed by atoms with Crippen molar-refractivity contribution in [2.45, 2.75) is 12.5 Å². The van der Waals surface area contributed by atoms with Gasteiger partial charge in [-0.1, -0.05) is 6.07 Å². The van der Waals surface area contributed by atoms with Gasteiger partial charge in [-0.2, -0.15) is 0 Å². The van der Waals surface area contributed by atoms with Crippen molar-refractivity contribution in [1.82, 2.24) is 5.32 Å². The van der Waals surface area contributed by atoms with E-state index in [2.05, 4.69) is 10.2 Å². The molecule has 0 saturated carbocycles. The van der Waals surface area contributed by atoms with Gasteiger partial charge in [0.15, 0.2) is 0 Å². The van der Waals surface area contributed by atoms with E-state index in [-0.39, 0.29) is 12.1 Å². The fourth-order valence-corrected chi connectivity index (χ4v) is 1.67. The molecule has 0 aliphatic carbocycles. The molecule has 0 bridgehead atoms. The van der Waals surface area contributed by atoms with Gasteiger partial charge in [0.25, 0.3) is 0 Å². The first-order chi connectivity index (χ1) is 8.04. The Morgan fingerprint density at radius 1 is 1.47 bits per heavy atom. The molecule has 0 heterocycles. The van der Waals surface area contributed by atoms with Gasteiger partial charge in [0, 0.05) is 25.3 Å². The van der Waals surface area contributed by atoms with Gasteiger partial charge in [-0.15, -0.1) is 0 Å². The van der Waals surface area contributed by atoms with Crippen molar-refractivity contribution in [2.75, 3.05) is 39.3 Å². The van der Waals surface area contributed by atoms with Crippen molar-refractivity contribution in [3.63, 3.8) is 0 Å². The summed E-state index contributed by atoms with van der Waals surface area (Å²) in [5, 5.41) is 12.5. The quantitative estimate of drug-likeness (QED) is 0.779. The molecule has 96 valence electrons. The van der Waals surface area contributed by atoms with Crippen molar-refractivity contribution in [3.8, 4) is 5.75 Å². The van der Waals surface area contributed by atoms with Crippen LogP contribution >= 0.6 is 0 Å². The molecule has 0 saturated heterocycles. The van der Waals surface area contributed by atoms with Crippen molar-refractivity contribution in [1.29, 1.82) is 0 Å². The van der Waals surface area contributed by atoms with Crippen LogP contribution in [0.4, 0.5) is 5.69 Å². The van der Waals surface area contributed by atoms with Gasteiger partial charge in [-0.05, 0) is 26.1 Å². The minimum atomic E-state index is -0.308. The number of hydrogen-bond acceptors (Lipinski definition) is 4. The van der Waals surface area contributed by atoms with Crippen LogP contribution in [0, 0.1) is 0 Å². The number of rotatable bonds is 6. The molecule has 0 amide bonds. The molecule has 0 aliphatic rings. The van der Waals surface area contributed by atoms with E-state index in [4.69, 9.17) is 4.74 Å². The fraction of sp³-hybridized carbons (Fsp3) is 0.538. The fourth-order valence-electron chi connectivity index (χ4n) is 1.67. The number of nitrogens with zero attached hydrogens (tertiary/aromatic N) is 1. The summed E-state index contributed by atoms with van der Waals surface area (Å²) in [7, 11) is 5.51. The van der Waals surface area contributed by atoms with E-state index in [0.717, 1.165) is 11.4 Å². The number of anilines is 1. The standard InChI is InChI=1S/C13H22N2O2/c1-13(10-16,14-2)9-15(3)11-6-5-7-12(8-11)17-4/h5-8,14,16H,9-10H2,1-4H3. The summed E-state index contributed by atoms with van der Waals surface area (Å²) >= 11 is 0. The number of hydrogen-bond donors (Lipinski definition) is 2. The maximum atomic E-state index is 9.37. The molecule has 17 heavy (non-hydrogen) atoms. The molecule has 0 aromatic heterocycles. The first-order valence-corrected chi connectivity index (χ1v) is 5.69. The lowest BCUT2D eigenvalue weighted by molar-refractivity contribution is 0.187. The number of benzene rings is 1. The van der Waals surface area contributed by atoms with Crippen molar-refractivity contribution in [2.24, 2.45) is 0 Å². The summed E-state index contributed by atoms with van der Waals surface area (Å²) in [6.07, 6.45) is 0. The van der Waals surface area contributed by atoms with Gasteiger partial charge in [-0.25, -0.2) is 0 Å². The van der Waals surface area contributed by atoms with Crippen LogP contribution in [0.1, 0.15) is 6.92 Å². The highest BCUT2D eigenvalue weighted by atomic mass is 16.5. The Kier molecular flexibility index (Phi) is 4.78. The van der Waals surface area contributed by atoms with Crippen molar-refractivity contribution >= 4 is 5.69 Å². The summed E-state index contributed by atoms with van der Waals surface area (Å²) in [6.45, 7) is 2.80. The van der Waals surface area contributed by atoms with Crippen LogP contribution in [0.15, 0.2) is 24.3 Å². The number of aliphatic hydroxyl groups is 1. The molecule has 1 unspecified atom stereocenters. The normalized spacial score (nSPS) is 14.2. The third kappa shape index (κ3) is 3.61. The predicted molar refractivity (Wildman–Crippen MR) is 70.8 cm³/mol. The molecule has 1 aromatic rings. The SMILES string of the molecule is CNC(C)(CO)CN(C)c1cccc(OC)c1. The van der Waals surface area contributed by atoms with E-state index in [1.54, 1.807) is 7.11 Å². The molecule has 1 aromatic carbocycles. The van der Waals surface area contributed by atoms with E-state index in [9.17, 15) is 5.11 Å². The second-order valence-electron chi connectivity index (χ2n) is 4.53. The molecule has 1 atom stereocenters. The van der Waals surface area contributed by atoms with Crippen molar-refractivity contribution < 1.29 is 9.84 Å². The average Bonchev–Trinajstić information content (AvgIpc) is 2.38. The minimum Gasteiger partial charge on any atom is -0.497 e. The topological polar surface area (TPSA) is 44.7 Å². The first kappa shape index (κ1) is 13.8. The Morgan fingerprint density at radius 3 is 2.71 bits per heavy atom. The molecule has 4 nitrogen and oxygen atoms in total. The number of aliphatic hydroxyl groups excluding tert-OH is 1. The highest BCUT2D eigenvalue weighted by molar-refractivity contribution is 5.50. The van der Waals surface area contributed by atoms with Gasteiger partial charge < -0.3 is 20.1 Å². The van der Waals surface area contributed by atoms with Gasteiger partial charge in [0.05, 0.1) is 19.3 Å². The van der Waals surface area contributed by atoms with Gasteiger partial charge in [0.1, 0.15) is 5.75 Å². The third-order valence-electron chi connectivity index (χ3n) is 3.03. The van der Waals surface area contributed by atoms with E-state index in [1.807, 2.05) is 45.3 Å². The second-order valence-corrected chi connectivity index (χ2v) is 4.53. The highest BCUT2D eigenvalue weighted by Gasteiger charge is 2.23. The van der Waals surface area contributed by atoms with Crippen LogP contribution in [0.3, 0.4) is 0 Å². The van der Waals surface area contributed by atoms with Crippen molar-refractivity contribution in [3.05, 3.63) is 24.3 Å². The Morgan fingerprint density at radius 2 is 2.18 bits per heavy atom. The average molecular weight is 238 g/mol. The predicted octanol–water partition coefficient (Wildman–Crippen LogP) is 1.10. The minimum absolute atomic E-state index is 0.0950. The molecular weight excluding hydrogens is 216 g/mol. The van der Waals surface area contributed by atoms with E-state index in [0.29, 0.717) is 6.54 Å². The van der Waals surface area contributed by atoms with Crippen LogP contribution in [0.25, 0.3) is 0 Å². The Balaban J connectivity index is 2.78. The molecule has 4 heteroatoms. The molecule has 1 rings (SSSR count). The Hall–Kier alpha value is -1.26. The number of nitrogens with one attached hydrogen (secondary N) is 1. The monoisotopic (exact) mass is 238 g/mol. The summed E-state index contributed by atoms with van der Waals surface area (Å²) in [4.78, 5) is 2.09. The second kappa shape index (κ2) is 5.89. The van der Waals surface area contributed by atoms with E-state index in [1.165, 1.54) is 0 Å². The summed E-state index contributed by atoms with van der Waals surface area (Å²) < 4.78 is 5.20. The third-order valence-corrected chi connectivity index (χ3v) is 3.03. The lowest BCUT2D eigenvalue weighted by Gasteiger charge is -2.33. The van der Waals surface area contributed by atoms with Crippen LogP contribution < -0.4 is 15.0 Å². The lowest BCUT2D eigenvalue weighted by Crippen LogP contribution is -2.51. The van der Waals surface area contributed by atoms with Gasteiger partial charge >= 0.3 is 0 Å². The maximum Gasteiger partial charge on any atom is 0.120 e. The van der Waals surface area contributed by atoms with E-state index >= 15 is 0 Å². The maximum absolute atomic E-state index is 9.37. The van der Waals surface area contributed by atoms with Crippen LogP contribution in [-0.4, -0.2) is 45.0 Å². The smallest absolute Gasteiger partial charge is 0.120 e. The molecule has 0 fully saturated rings. The molecule has 0 spiro atoms. The largest absolute Gasteiger partial charge is 0.497 e. The Labute approximate surface area is 103 Å². The zero-order chi connectivity index (χ0) is 12.9. The lowest BCUT2D eigenvalue weighted by atomic mass is 10.0. The zero-order valence-electron chi connectivity index (χ0n) is 11.0. The number of ether oxygens (including phenoxy) is 1. The van der Waals surface area contributed by atoms with E-state index < -0.39 is 0 Å². The van der Waals surface area contributed by atoms with Gasteiger partial charge in [-0.3, -0.25) is 0 Å². The van der Waals surface area contributed by atoms with Crippen LogP contribution in [0.2, 0.25) is 0 Å². The molecule has 0 radical (unpaired) electrons. The van der Waals surface area contributed by atoms with Crippen LogP contribution in [0.5, 0.6) is 5.75 Å².